The molecule has 11 unspecified atom stereocenters. The summed E-state index contributed by atoms with van der Waals surface area (Å²) in [7, 11) is 0. The Labute approximate surface area is 297 Å². The van der Waals surface area contributed by atoms with Gasteiger partial charge in [0.15, 0.2) is 0 Å². The molecule has 0 aromatic rings. The van der Waals surface area contributed by atoms with Gasteiger partial charge in [0.05, 0.1) is 17.8 Å². The summed E-state index contributed by atoms with van der Waals surface area (Å²) in [6.45, 7) is 20.0. The number of nitrogens with one attached hydrogen (secondary N) is 1. The average molecular weight is 684 g/mol. The van der Waals surface area contributed by atoms with E-state index in [1.807, 2.05) is 20.8 Å². The minimum atomic E-state index is -0.910. The summed E-state index contributed by atoms with van der Waals surface area (Å²) in [5.74, 6) is 2.77. The lowest BCUT2D eigenvalue weighted by molar-refractivity contribution is -0.193. The van der Waals surface area contributed by atoms with E-state index in [1.54, 1.807) is 0 Å². The van der Waals surface area contributed by atoms with Gasteiger partial charge in [0.25, 0.3) is 0 Å². The highest BCUT2D eigenvalue weighted by Gasteiger charge is 2.81. The smallest absolute Gasteiger partial charge is 0.407 e. The fraction of sp³-hybridized carbons (Fsp3) is 0.976. The van der Waals surface area contributed by atoms with Gasteiger partial charge in [-0.05, 0) is 138 Å². The number of amides is 1. The lowest BCUT2D eigenvalue weighted by Crippen LogP contribution is -2.55. The maximum Gasteiger partial charge on any atom is 0.407 e. The fourth-order valence-corrected chi connectivity index (χ4v) is 14.2. The van der Waals surface area contributed by atoms with Crippen molar-refractivity contribution in [2.24, 2.45) is 45.3 Å². The van der Waals surface area contributed by atoms with E-state index in [9.17, 15) is 9.90 Å². The number of alkyl carbamates (subject to hydrolysis) is 1. The summed E-state index contributed by atoms with van der Waals surface area (Å²) < 4.78 is 19.4. The Morgan fingerprint density at radius 2 is 1.69 bits per heavy atom. The predicted octanol–water partition coefficient (Wildman–Crippen LogP) is 6.63. The maximum atomic E-state index is 13.2. The van der Waals surface area contributed by atoms with Crippen LogP contribution in [0, 0.1) is 45.3 Å². The topological polar surface area (TPSA) is 83.5 Å². The van der Waals surface area contributed by atoms with Crippen LogP contribution < -0.4 is 5.32 Å². The zero-order valence-electron chi connectivity index (χ0n) is 31.8. The van der Waals surface area contributed by atoms with Gasteiger partial charge in [-0.3, -0.25) is 9.80 Å². The zero-order valence-corrected chi connectivity index (χ0v) is 31.8. The summed E-state index contributed by atoms with van der Waals surface area (Å²) in [6.07, 6.45) is 16.2. The molecule has 8 heteroatoms. The quantitative estimate of drug-likeness (QED) is 0.282. The van der Waals surface area contributed by atoms with E-state index in [2.05, 4.69) is 35.9 Å². The number of rotatable bonds is 9. The van der Waals surface area contributed by atoms with E-state index >= 15 is 0 Å². The van der Waals surface area contributed by atoms with Gasteiger partial charge < -0.3 is 24.6 Å². The van der Waals surface area contributed by atoms with Crippen LogP contribution in [0.4, 0.5) is 4.79 Å². The third-order valence-corrected chi connectivity index (χ3v) is 16.9. The van der Waals surface area contributed by atoms with Crippen molar-refractivity contribution in [2.75, 3.05) is 45.9 Å². The van der Waals surface area contributed by atoms with Gasteiger partial charge in [0.1, 0.15) is 12.2 Å². The number of aliphatic hydroxyl groups is 1. The van der Waals surface area contributed by atoms with E-state index in [-0.39, 0.29) is 35.9 Å². The summed E-state index contributed by atoms with van der Waals surface area (Å²) in [5.41, 5.74) is 0.342. The number of carbonyl (C=O) groups excluding carboxylic acids is 1. The van der Waals surface area contributed by atoms with Crippen molar-refractivity contribution in [1.29, 1.82) is 0 Å². The van der Waals surface area contributed by atoms with Gasteiger partial charge in [-0.25, -0.2) is 4.79 Å². The summed E-state index contributed by atoms with van der Waals surface area (Å²) >= 11 is 0. The Morgan fingerprint density at radius 3 is 2.39 bits per heavy atom. The lowest BCUT2D eigenvalue weighted by atomic mass is 9.46. The van der Waals surface area contributed by atoms with Gasteiger partial charge in [-0.15, -0.1) is 0 Å². The predicted molar refractivity (Wildman–Crippen MR) is 191 cm³/mol. The van der Waals surface area contributed by atoms with E-state index in [4.69, 9.17) is 14.2 Å². The summed E-state index contributed by atoms with van der Waals surface area (Å²) in [5, 5.41) is 14.1. The van der Waals surface area contributed by atoms with Gasteiger partial charge in [-0.1, -0.05) is 27.2 Å². The Hall–Kier alpha value is -0.930. The van der Waals surface area contributed by atoms with Gasteiger partial charge in [0.2, 0.25) is 0 Å². The molecule has 11 atom stereocenters. The van der Waals surface area contributed by atoms with Crippen LogP contribution in [-0.4, -0.2) is 103 Å². The number of hydrogen-bond donors (Lipinski definition) is 2. The van der Waals surface area contributed by atoms with Crippen LogP contribution >= 0.6 is 0 Å². The SMILES string of the molecule is CCOC(C1CCC2C(CC3C4CCC5C(C)(C)C(OC(=O)NCCN6CCN(C7CCC7)CC6)CCC56CC46CCC23C)O1)C(C)(C)O. The first-order valence-electron chi connectivity index (χ1n) is 20.7. The summed E-state index contributed by atoms with van der Waals surface area (Å²) in [4.78, 5) is 18.3. The molecule has 6 saturated carbocycles. The van der Waals surface area contributed by atoms with Gasteiger partial charge in [0, 0.05) is 57.3 Å². The Bertz CT molecular complexity index is 1230. The first-order chi connectivity index (χ1) is 23.3. The van der Waals surface area contributed by atoms with E-state index in [1.165, 1.54) is 83.7 Å². The normalized spacial score (nSPS) is 45.5. The molecule has 2 saturated heterocycles. The molecule has 8 nitrogen and oxygen atoms in total. The van der Waals surface area contributed by atoms with E-state index in [0.717, 1.165) is 50.4 Å². The molecule has 0 bridgehead atoms. The standard InChI is InChI=1S/C41H69N3O5/c1-7-47-35(38(4,5)46)31-13-11-29-32(48-31)25-30-28-12-14-33-37(2,3)34(15-16-41(33)26-40(28,41)18-17-39(29,30)6)49-36(45)42-19-20-43-21-23-44(24-22-43)27-9-8-10-27/h27-35,46H,7-26H2,1-6H3,(H,42,45). The highest BCUT2D eigenvalue weighted by molar-refractivity contribution is 5.67. The maximum absolute atomic E-state index is 13.2. The first kappa shape index (κ1) is 35.1. The number of hydrogen-bond acceptors (Lipinski definition) is 7. The van der Waals surface area contributed by atoms with Crippen LogP contribution in [0.3, 0.4) is 0 Å². The van der Waals surface area contributed by atoms with Crippen LogP contribution in [-0.2, 0) is 14.2 Å². The fourth-order valence-electron chi connectivity index (χ4n) is 14.2. The number of fused-ring (bicyclic) bond motifs is 4. The molecule has 8 rings (SSSR count). The second-order valence-corrected chi connectivity index (χ2v) is 19.6. The Morgan fingerprint density at radius 1 is 0.939 bits per heavy atom. The monoisotopic (exact) mass is 684 g/mol. The summed E-state index contributed by atoms with van der Waals surface area (Å²) in [6, 6.07) is 0.835. The zero-order chi connectivity index (χ0) is 34.4. The lowest BCUT2D eigenvalue weighted by Gasteiger charge is -2.59. The molecule has 0 aromatic carbocycles. The molecule has 1 amide bonds. The van der Waals surface area contributed by atoms with Crippen LogP contribution in [0.15, 0.2) is 0 Å². The van der Waals surface area contributed by atoms with Crippen molar-refractivity contribution in [3.05, 3.63) is 0 Å². The minimum Gasteiger partial charge on any atom is -0.446 e. The molecule has 2 spiro atoms. The molecule has 49 heavy (non-hydrogen) atoms. The third-order valence-electron chi connectivity index (χ3n) is 16.9. The molecule has 2 aliphatic heterocycles. The van der Waals surface area contributed by atoms with E-state index < -0.39 is 5.60 Å². The van der Waals surface area contributed by atoms with Gasteiger partial charge >= 0.3 is 6.09 Å². The highest BCUT2D eigenvalue weighted by Crippen LogP contribution is 2.87. The number of piperazine rings is 1. The molecule has 8 fully saturated rings. The Kier molecular flexibility index (Phi) is 9.03. The van der Waals surface area contributed by atoms with Crippen molar-refractivity contribution in [2.45, 2.75) is 161 Å². The Balaban J connectivity index is 0.871. The molecule has 6 aliphatic carbocycles. The third kappa shape index (κ3) is 5.65. The molecular weight excluding hydrogens is 614 g/mol. The van der Waals surface area contributed by atoms with Crippen LogP contribution in [0.25, 0.3) is 0 Å². The highest BCUT2D eigenvalue weighted by atomic mass is 16.6. The molecule has 2 heterocycles. The van der Waals surface area contributed by atoms with Crippen LogP contribution in [0.1, 0.15) is 125 Å². The molecule has 278 valence electrons. The van der Waals surface area contributed by atoms with Crippen molar-refractivity contribution in [1.82, 2.24) is 15.1 Å². The van der Waals surface area contributed by atoms with Crippen molar-refractivity contribution in [3.8, 4) is 0 Å². The number of nitrogens with zero attached hydrogens (tertiary/aromatic N) is 2. The molecule has 8 aliphatic rings. The van der Waals surface area contributed by atoms with Crippen molar-refractivity contribution in [3.63, 3.8) is 0 Å². The molecule has 0 aromatic heterocycles. The average Bonchev–Trinajstić information content (AvgIpc) is 3.60. The molecule has 0 radical (unpaired) electrons. The van der Waals surface area contributed by atoms with Crippen molar-refractivity contribution < 1.29 is 24.1 Å². The van der Waals surface area contributed by atoms with E-state index in [0.29, 0.717) is 41.2 Å². The van der Waals surface area contributed by atoms with Crippen LogP contribution in [0.2, 0.25) is 0 Å². The van der Waals surface area contributed by atoms with Crippen LogP contribution in [0.5, 0.6) is 0 Å². The first-order valence-corrected chi connectivity index (χ1v) is 20.7. The molecule has 2 N–H and O–H groups in total. The second kappa shape index (κ2) is 12.6. The second-order valence-electron chi connectivity index (χ2n) is 19.6. The van der Waals surface area contributed by atoms with Gasteiger partial charge in [-0.2, -0.15) is 0 Å². The molecular formula is C41H69N3O5. The number of carbonyl (C=O) groups is 1. The number of ether oxygens (including phenoxy) is 3. The van der Waals surface area contributed by atoms with Crippen molar-refractivity contribution >= 4 is 6.09 Å². The largest absolute Gasteiger partial charge is 0.446 e. The minimum absolute atomic E-state index is 0.00590.